The third-order valence-electron chi connectivity index (χ3n) is 4.68. The monoisotopic (exact) mass is 381 g/mol. The maximum atomic E-state index is 12.6. The van der Waals surface area contributed by atoms with Gasteiger partial charge in [0.15, 0.2) is 0 Å². The molecular formula is C23H31N3O2. The normalized spacial score (nSPS) is 11.8. The van der Waals surface area contributed by atoms with E-state index in [2.05, 4.69) is 27.7 Å². The van der Waals surface area contributed by atoms with E-state index in [1.54, 1.807) is 6.07 Å². The number of carbonyl (C=O) groups is 2. The van der Waals surface area contributed by atoms with E-state index in [4.69, 9.17) is 0 Å². The van der Waals surface area contributed by atoms with E-state index in [9.17, 15) is 9.59 Å². The SMILES string of the molecule is Cc1cccc(C(=O)NC(C(=O)NCCCN(C)c2ccccc2)C(C)C)c1. The van der Waals surface area contributed by atoms with Gasteiger partial charge in [0.1, 0.15) is 6.04 Å². The molecule has 28 heavy (non-hydrogen) atoms. The fourth-order valence-electron chi connectivity index (χ4n) is 3.00. The third kappa shape index (κ3) is 6.41. The molecule has 5 heteroatoms. The summed E-state index contributed by atoms with van der Waals surface area (Å²) in [6.45, 7) is 7.22. The van der Waals surface area contributed by atoms with Gasteiger partial charge >= 0.3 is 0 Å². The van der Waals surface area contributed by atoms with Gasteiger partial charge in [0, 0.05) is 31.4 Å². The minimum atomic E-state index is -0.556. The summed E-state index contributed by atoms with van der Waals surface area (Å²) in [7, 11) is 2.04. The van der Waals surface area contributed by atoms with Crippen molar-refractivity contribution < 1.29 is 9.59 Å². The summed E-state index contributed by atoms with van der Waals surface area (Å²) in [4.78, 5) is 27.2. The Morgan fingerprint density at radius 3 is 2.39 bits per heavy atom. The second kappa shape index (κ2) is 10.5. The molecule has 0 aliphatic rings. The number of nitrogens with one attached hydrogen (secondary N) is 2. The Labute approximate surface area is 168 Å². The Hall–Kier alpha value is -2.82. The first-order chi connectivity index (χ1) is 13.4. The van der Waals surface area contributed by atoms with Crippen molar-refractivity contribution in [3.05, 3.63) is 65.7 Å². The van der Waals surface area contributed by atoms with Crippen LogP contribution in [0.15, 0.2) is 54.6 Å². The van der Waals surface area contributed by atoms with Gasteiger partial charge in [0.05, 0.1) is 0 Å². The zero-order valence-electron chi connectivity index (χ0n) is 17.2. The molecule has 1 unspecified atom stereocenters. The van der Waals surface area contributed by atoms with Crippen LogP contribution in [0.4, 0.5) is 5.69 Å². The van der Waals surface area contributed by atoms with Gasteiger partial charge in [0.25, 0.3) is 5.91 Å². The summed E-state index contributed by atoms with van der Waals surface area (Å²) in [5.41, 5.74) is 2.74. The Kier molecular flexibility index (Phi) is 8.05. The fraction of sp³-hybridized carbons (Fsp3) is 0.391. The molecule has 2 N–H and O–H groups in total. The highest BCUT2D eigenvalue weighted by Crippen LogP contribution is 2.11. The smallest absolute Gasteiger partial charge is 0.251 e. The van der Waals surface area contributed by atoms with Gasteiger partial charge in [-0.05, 0) is 43.5 Å². The van der Waals surface area contributed by atoms with Crippen molar-refractivity contribution in [3.8, 4) is 0 Å². The highest BCUT2D eigenvalue weighted by atomic mass is 16.2. The van der Waals surface area contributed by atoms with Crippen LogP contribution >= 0.6 is 0 Å². The molecule has 0 saturated carbocycles. The van der Waals surface area contributed by atoms with Crippen LogP contribution in [0, 0.1) is 12.8 Å². The summed E-state index contributed by atoms with van der Waals surface area (Å²) < 4.78 is 0. The van der Waals surface area contributed by atoms with Crippen molar-refractivity contribution in [1.29, 1.82) is 0 Å². The standard InChI is InChI=1S/C23H31N3O2/c1-17(2)21(25-22(27)19-11-8-10-18(3)16-19)23(28)24-14-9-15-26(4)20-12-6-5-7-13-20/h5-8,10-13,16-17,21H,9,14-15H2,1-4H3,(H,24,28)(H,25,27). The second-order valence-electron chi connectivity index (χ2n) is 7.47. The van der Waals surface area contributed by atoms with E-state index in [0.29, 0.717) is 12.1 Å². The summed E-state index contributed by atoms with van der Waals surface area (Å²) in [6.07, 6.45) is 0.827. The molecule has 0 bridgehead atoms. The molecule has 0 heterocycles. The number of para-hydroxylation sites is 1. The lowest BCUT2D eigenvalue weighted by atomic mass is 10.0. The number of carbonyl (C=O) groups excluding carboxylic acids is 2. The Balaban J connectivity index is 1.83. The number of benzene rings is 2. The molecule has 2 rings (SSSR count). The van der Waals surface area contributed by atoms with Crippen molar-refractivity contribution in [3.63, 3.8) is 0 Å². The average molecular weight is 382 g/mol. The van der Waals surface area contributed by atoms with Gasteiger partial charge in [-0.2, -0.15) is 0 Å². The van der Waals surface area contributed by atoms with Crippen LogP contribution in [-0.4, -0.2) is 38.0 Å². The lowest BCUT2D eigenvalue weighted by Gasteiger charge is -2.23. The predicted octanol–water partition coefficient (Wildman–Crippen LogP) is 3.39. The number of anilines is 1. The molecule has 5 nitrogen and oxygen atoms in total. The number of amides is 2. The average Bonchev–Trinajstić information content (AvgIpc) is 2.69. The van der Waals surface area contributed by atoms with Crippen LogP contribution < -0.4 is 15.5 Å². The number of hydrogen-bond donors (Lipinski definition) is 2. The van der Waals surface area contributed by atoms with Crippen molar-refractivity contribution in [2.24, 2.45) is 5.92 Å². The van der Waals surface area contributed by atoms with Crippen molar-refractivity contribution in [1.82, 2.24) is 10.6 Å². The van der Waals surface area contributed by atoms with Crippen LogP contribution in [-0.2, 0) is 4.79 Å². The van der Waals surface area contributed by atoms with Crippen LogP contribution in [0.2, 0.25) is 0 Å². The first kappa shape index (κ1) is 21.5. The predicted molar refractivity (Wildman–Crippen MR) is 115 cm³/mol. The van der Waals surface area contributed by atoms with Gasteiger partial charge in [-0.15, -0.1) is 0 Å². The third-order valence-corrected chi connectivity index (χ3v) is 4.68. The topological polar surface area (TPSA) is 61.4 Å². The molecular weight excluding hydrogens is 350 g/mol. The van der Waals surface area contributed by atoms with Gasteiger partial charge < -0.3 is 15.5 Å². The maximum Gasteiger partial charge on any atom is 0.251 e. The first-order valence-electron chi connectivity index (χ1n) is 9.80. The summed E-state index contributed by atoms with van der Waals surface area (Å²) in [6, 6.07) is 17.0. The van der Waals surface area contributed by atoms with E-state index >= 15 is 0 Å². The molecule has 0 saturated heterocycles. The molecule has 0 spiro atoms. The van der Waals surface area contributed by atoms with Gasteiger partial charge in [-0.25, -0.2) is 0 Å². The van der Waals surface area contributed by atoms with Gasteiger partial charge in [-0.1, -0.05) is 49.7 Å². The van der Waals surface area contributed by atoms with Crippen molar-refractivity contribution in [2.45, 2.75) is 33.2 Å². The molecule has 150 valence electrons. The molecule has 0 aromatic heterocycles. The number of rotatable bonds is 9. The zero-order chi connectivity index (χ0) is 20.5. The van der Waals surface area contributed by atoms with Crippen LogP contribution in [0.1, 0.15) is 36.2 Å². The van der Waals surface area contributed by atoms with Crippen LogP contribution in [0.5, 0.6) is 0 Å². The first-order valence-corrected chi connectivity index (χ1v) is 9.80. The molecule has 2 aromatic rings. The minimum Gasteiger partial charge on any atom is -0.375 e. The molecule has 0 radical (unpaired) electrons. The molecule has 0 fully saturated rings. The van der Waals surface area contributed by atoms with Crippen molar-refractivity contribution in [2.75, 3.05) is 25.0 Å². The number of nitrogens with zero attached hydrogens (tertiary/aromatic N) is 1. The lowest BCUT2D eigenvalue weighted by molar-refractivity contribution is -0.123. The van der Waals surface area contributed by atoms with E-state index in [1.165, 1.54) is 0 Å². The highest BCUT2D eigenvalue weighted by molar-refractivity contribution is 5.97. The molecule has 1 atom stereocenters. The second-order valence-corrected chi connectivity index (χ2v) is 7.47. The van der Waals surface area contributed by atoms with Crippen LogP contribution in [0.25, 0.3) is 0 Å². The van der Waals surface area contributed by atoms with E-state index in [0.717, 1.165) is 24.2 Å². The fourth-order valence-corrected chi connectivity index (χ4v) is 3.00. The molecule has 0 aliphatic heterocycles. The quantitative estimate of drug-likeness (QED) is 0.655. The minimum absolute atomic E-state index is 0.000696. The molecule has 0 aliphatic carbocycles. The highest BCUT2D eigenvalue weighted by Gasteiger charge is 2.24. The van der Waals surface area contributed by atoms with Crippen molar-refractivity contribution >= 4 is 17.5 Å². The number of aryl methyl sites for hydroxylation is 1. The molecule has 2 amide bonds. The Morgan fingerprint density at radius 1 is 1.04 bits per heavy atom. The van der Waals surface area contributed by atoms with E-state index in [-0.39, 0.29) is 17.7 Å². The summed E-state index contributed by atoms with van der Waals surface area (Å²) in [5.74, 6) is -0.361. The van der Waals surface area contributed by atoms with Crippen LogP contribution in [0.3, 0.4) is 0 Å². The Bertz CT molecular complexity index is 774. The summed E-state index contributed by atoms with van der Waals surface area (Å²) >= 11 is 0. The van der Waals surface area contributed by atoms with Gasteiger partial charge in [-0.3, -0.25) is 9.59 Å². The lowest BCUT2D eigenvalue weighted by Crippen LogP contribution is -2.50. The van der Waals surface area contributed by atoms with E-state index in [1.807, 2.05) is 64.2 Å². The molecule has 2 aromatic carbocycles. The van der Waals surface area contributed by atoms with E-state index < -0.39 is 6.04 Å². The van der Waals surface area contributed by atoms with Gasteiger partial charge in [0.2, 0.25) is 5.91 Å². The zero-order valence-corrected chi connectivity index (χ0v) is 17.2. The summed E-state index contributed by atoms with van der Waals surface area (Å²) in [5, 5.41) is 5.83. The number of hydrogen-bond acceptors (Lipinski definition) is 3. The largest absolute Gasteiger partial charge is 0.375 e. The maximum absolute atomic E-state index is 12.6. The Morgan fingerprint density at radius 2 is 1.75 bits per heavy atom.